The highest BCUT2D eigenvalue weighted by molar-refractivity contribution is 6.01. The molecule has 2 rings (SSSR count). The van der Waals surface area contributed by atoms with Gasteiger partial charge in [-0.3, -0.25) is 9.59 Å². The quantitative estimate of drug-likeness (QED) is 0.808. The molecule has 2 N–H and O–H groups in total. The van der Waals surface area contributed by atoms with Gasteiger partial charge < -0.3 is 10.2 Å². The second-order valence-corrected chi connectivity index (χ2v) is 4.88. The molecule has 0 saturated heterocycles. The first-order valence-corrected chi connectivity index (χ1v) is 6.43. The Kier molecular flexibility index (Phi) is 4.03. The number of aryl methyl sites for hydroxylation is 1. The number of hydrogen-bond acceptors (Lipinski definition) is 2. The first kappa shape index (κ1) is 14.1. The third kappa shape index (κ3) is 2.79. The minimum atomic E-state index is -1.81. The average molecular weight is 272 g/mol. The van der Waals surface area contributed by atoms with Crippen LogP contribution in [0.2, 0.25) is 0 Å². The molecule has 0 fully saturated rings. The van der Waals surface area contributed by atoms with Crippen LogP contribution in [0, 0.1) is 5.41 Å². The summed E-state index contributed by atoms with van der Waals surface area (Å²) in [5, 5.41) is 18.2. The number of carbonyl (C=O) groups is 2. The Balaban J connectivity index is 2.02. The zero-order valence-corrected chi connectivity index (χ0v) is 11.0. The summed E-state index contributed by atoms with van der Waals surface area (Å²) < 4.78 is 0. The van der Waals surface area contributed by atoms with Gasteiger partial charge in [-0.05, 0) is 24.8 Å². The minimum Gasteiger partial charge on any atom is -0.480 e. The van der Waals surface area contributed by atoms with Crippen molar-refractivity contribution >= 4 is 11.9 Å². The molecule has 0 atom stereocenters. The minimum absolute atomic E-state index is 0.00170. The first-order valence-electron chi connectivity index (χ1n) is 6.43. The molecule has 20 heavy (non-hydrogen) atoms. The molecular weight excluding hydrogens is 256 g/mol. The second-order valence-electron chi connectivity index (χ2n) is 4.88. The van der Waals surface area contributed by atoms with Crippen molar-refractivity contribution in [1.29, 1.82) is 0 Å². The van der Waals surface area contributed by atoms with Gasteiger partial charge >= 0.3 is 11.9 Å². The zero-order chi connectivity index (χ0) is 14.6. The molecule has 0 amide bonds. The number of hydrogen-bond donors (Lipinski definition) is 2. The predicted molar refractivity (Wildman–Crippen MR) is 74.3 cm³/mol. The Labute approximate surface area is 117 Å². The lowest BCUT2D eigenvalue weighted by Crippen LogP contribution is -2.38. The molecule has 0 radical (unpaired) electrons. The zero-order valence-electron chi connectivity index (χ0n) is 11.0. The lowest BCUT2D eigenvalue weighted by atomic mass is 9.79. The van der Waals surface area contributed by atoms with Gasteiger partial charge in [-0.2, -0.15) is 0 Å². The Morgan fingerprint density at radius 2 is 1.70 bits per heavy atom. The van der Waals surface area contributed by atoms with Gasteiger partial charge in [-0.15, -0.1) is 0 Å². The van der Waals surface area contributed by atoms with E-state index in [4.69, 9.17) is 10.2 Å². The van der Waals surface area contributed by atoms with Gasteiger partial charge in [0.05, 0.1) is 0 Å². The van der Waals surface area contributed by atoms with Crippen LogP contribution >= 0.6 is 0 Å². The number of carboxylic acid groups (broad SMARTS) is 2. The van der Waals surface area contributed by atoms with Gasteiger partial charge in [0.25, 0.3) is 0 Å². The van der Waals surface area contributed by atoms with Gasteiger partial charge in [0.2, 0.25) is 0 Å². The summed E-state index contributed by atoms with van der Waals surface area (Å²) >= 11 is 0. The molecule has 4 nitrogen and oxygen atoms in total. The van der Waals surface area contributed by atoms with Crippen LogP contribution in [0.5, 0.6) is 0 Å². The number of carboxylic acids is 2. The molecule has 0 heterocycles. The van der Waals surface area contributed by atoms with Crippen molar-refractivity contribution in [2.24, 2.45) is 5.41 Å². The van der Waals surface area contributed by atoms with Gasteiger partial charge in [0, 0.05) is 0 Å². The van der Waals surface area contributed by atoms with Crippen molar-refractivity contribution in [3.63, 3.8) is 0 Å². The maximum Gasteiger partial charge on any atom is 0.325 e. The summed E-state index contributed by atoms with van der Waals surface area (Å²) in [5.74, 6) is -2.64. The highest BCUT2D eigenvalue weighted by Crippen LogP contribution is 2.31. The largest absolute Gasteiger partial charge is 0.480 e. The van der Waals surface area contributed by atoms with Crippen LogP contribution in [-0.4, -0.2) is 22.2 Å². The van der Waals surface area contributed by atoms with Crippen LogP contribution in [0.1, 0.15) is 18.4 Å². The van der Waals surface area contributed by atoms with Crippen LogP contribution in [0.4, 0.5) is 0 Å². The summed E-state index contributed by atoms with van der Waals surface area (Å²) in [6.45, 7) is 0. The summed E-state index contributed by atoms with van der Waals surface area (Å²) in [6, 6.07) is 9.97. The topological polar surface area (TPSA) is 74.6 Å². The fourth-order valence-electron chi connectivity index (χ4n) is 2.20. The highest BCUT2D eigenvalue weighted by Gasteiger charge is 2.44. The van der Waals surface area contributed by atoms with Crippen molar-refractivity contribution in [3.05, 3.63) is 59.7 Å². The maximum atomic E-state index is 11.1. The van der Waals surface area contributed by atoms with Crippen LogP contribution < -0.4 is 0 Å². The van der Waals surface area contributed by atoms with Crippen molar-refractivity contribution in [2.75, 3.05) is 0 Å². The summed E-state index contributed by atoms with van der Waals surface area (Å²) in [5.41, 5.74) is 0.373. The molecule has 1 aliphatic carbocycles. The molecule has 1 aromatic carbocycles. The molecule has 0 spiro atoms. The Morgan fingerprint density at radius 1 is 1.05 bits per heavy atom. The van der Waals surface area contributed by atoms with Crippen molar-refractivity contribution in [1.82, 2.24) is 0 Å². The SMILES string of the molecule is O=C(O)C1(C(=O)O)C=CC(CCc2ccccc2)=CC1. The molecule has 0 bridgehead atoms. The highest BCUT2D eigenvalue weighted by atomic mass is 16.4. The van der Waals surface area contributed by atoms with Gasteiger partial charge in [0.1, 0.15) is 0 Å². The summed E-state index contributed by atoms with van der Waals surface area (Å²) in [6.07, 6.45) is 6.25. The average Bonchev–Trinajstić information content (AvgIpc) is 2.46. The van der Waals surface area contributed by atoms with Crippen LogP contribution in [0.25, 0.3) is 0 Å². The predicted octanol–water partition coefficient (Wildman–Crippen LogP) is 2.66. The monoisotopic (exact) mass is 272 g/mol. The summed E-state index contributed by atoms with van der Waals surface area (Å²) in [4.78, 5) is 22.3. The van der Waals surface area contributed by atoms with Crippen molar-refractivity contribution in [3.8, 4) is 0 Å². The summed E-state index contributed by atoms with van der Waals surface area (Å²) in [7, 11) is 0. The van der Waals surface area contributed by atoms with E-state index in [-0.39, 0.29) is 6.42 Å². The molecular formula is C16H16O4. The molecule has 0 saturated carbocycles. The molecule has 1 aromatic rings. The molecule has 0 aromatic heterocycles. The Morgan fingerprint density at radius 3 is 2.20 bits per heavy atom. The van der Waals surface area contributed by atoms with E-state index in [0.29, 0.717) is 0 Å². The third-order valence-electron chi connectivity index (χ3n) is 3.58. The van der Waals surface area contributed by atoms with E-state index in [9.17, 15) is 9.59 Å². The smallest absolute Gasteiger partial charge is 0.325 e. The lowest BCUT2D eigenvalue weighted by molar-refractivity contribution is -0.160. The van der Waals surface area contributed by atoms with E-state index < -0.39 is 17.4 Å². The van der Waals surface area contributed by atoms with Crippen molar-refractivity contribution in [2.45, 2.75) is 19.3 Å². The third-order valence-corrected chi connectivity index (χ3v) is 3.58. The molecule has 1 aliphatic rings. The van der Waals surface area contributed by atoms with Crippen LogP contribution in [0.15, 0.2) is 54.1 Å². The second kappa shape index (κ2) is 5.74. The Hall–Kier alpha value is -2.36. The van der Waals surface area contributed by atoms with Gasteiger partial charge in [-0.1, -0.05) is 54.1 Å². The first-order chi connectivity index (χ1) is 9.54. The van der Waals surface area contributed by atoms with Gasteiger partial charge in [0.15, 0.2) is 5.41 Å². The number of allylic oxidation sites excluding steroid dienone is 3. The van der Waals surface area contributed by atoms with Gasteiger partial charge in [-0.25, -0.2) is 0 Å². The molecule has 4 heteroatoms. The molecule has 0 unspecified atom stereocenters. The van der Waals surface area contributed by atoms with E-state index in [1.54, 1.807) is 12.2 Å². The number of benzene rings is 1. The maximum absolute atomic E-state index is 11.1. The van der Waals surface area contributed by atoms with E-state index in [1.165, 1.54) is 11.6 Å². The van der Waals surface area contributed by atoms with E-state index >= 15 is 0 Å². The fourth-order valence-corrected chi connectivity index (χ4v) is 2.20. The van der Waals surface area contributed by atoms with Crippen molar-refractivity contribution < 1.29 is 19.8 Å². The van der Waals surface area contributed by atoms with Crippen LogP contribution in [-0.2, 0) is 16.0 Å². The van der Waals surface area contributed by atoms with E-state index in [2.05, 4.69) is 0 Å². The van der Waals surface area contributed by atoms with Crippen LogP contribution in [0.3, 0.4) is 0 Å². The fraction of sp³-hybridized carbons (Fsp3) is 0.250. The molecule has 0 aliphatic heterocycles. The number of rotatable bonds is 5. The van der Waals surface area contributed by atoms with E-state index in [0.717, 1.165) is 18.4 Å². The number of aliphatic carboxylic acids is 2. The normalized spacial score (nSPS) is 16.5. The Bertz CT molecular complexity index is 555. The van der Waals surface area contributed by atoms with E-state index in [1.807, 2.05) is 30.3 Å². The lowest BCUT2D eigenvalue weighted by Gasteiger charge is -2.23. The molecule has 104 valence electrons. The standard InChI is InChI=1S/C16H16O4/c17-14(18)16(15(19)20)10-8-13(9-11-16)7-6-12-4-2-1-3-5-12/h1-5,8-10H,6-7,11H2,(H,17,18)(H,19,20).